The molecule has 1 heterocycles. The second kappa shape index (κ2) is 7.75. The molecule has 1 saturated heterocycles. The highest BCUT2D eigenvalue weighted by Gasteiger charge is 2.53. The van der Waals surface area contributed by atoms with Crippen LogP contribution in [0.4, 0.5) is 4.79 Å². The number of amides is 1. The molecule has 1 amide bonds. The predicted molar refractivity (Wildman–Crippen MR) is 102 cm³/mol. The molecule has 2 rings (SSSR count). The zero-order chi connectivity index (χ0) is 19.7. The van der Waals surface area contributed by atoms with Gasteiger partial charge in [0.25, 0.3) is 0 Å². The van der Waals surface area contributed by atoms with Crippen LogP contribution in [-0.2, 0) is 4.74 Å². The van der Waals surface area contributed by atoms with Crippen molar-refractivity contribution in [2.24, 2.45) is 0 Å². The lowest BCUT2D eigenvalue weighted by Gasteiger charge is -2.37. The number of rotatable bonds is 4. The first-order valence-corrected chi connectivity index (χ1v) is 9.44. The summed E-state index contributed by atoms with van der Waals surface area (Å²) in [6.45, 7) is 7.28. The van der Waals surface area contributed by atoms with Crippen LogP contribution >= 0.6 is 23.2 Å². The van der Waals surface area contributed by atoms with Crippen molar-refractivity contribution in [2.75, 3.05) is 6.54 Å². The van der Waals surface area contributed by atoms with Crippen LogP contribution in [0, 0.1) is 0 Å². The Labute approximate surface area is 164 Å². The number of aliphatic hydroxyl groups excluding tert-OH is 1. The van der Waals surface area contributed by atoms with Crippen LogP contribution in [0.25, 0.3) is 0 Å². The van der Waals surface area contributed by atoms with Crippen LogP contribution in [0.1, 0.15) is 57.3 Å². The van der Waals surface area contributed by atoms with Crippen LogP contribution in [-0.4, -0.2) is 45.7 Å². The van der Waals surface area contributed by atoms with Gasteiger partial charge in [0.2, 0.25) is 0 Å². The number of carbonyl (C=O) groups is 2. The van der Waals surface area contributed by atoms with Crippen molar-refractivity contribution in [3.05, 3.63) is 33.8 Å². The smallest absolute Gasteiger partial charge is 0.411 e. The number of carbonyl (C=O) groups excluding carboxylic acids is 2. The third-order valence-electron chi connectivity index (χ3n) is 4.37. The average Bonchev–Trinajstić information content (AvgIpc) is 2.86. The van der Waals surface area contributed by atoms with E-state index in [1.165, 1.54) is 11.0 Å². The Morgan fingerprint density at radius 1 is 1.31 bits per heavy atom. The van der Waals surface area contributed by atoms with Gasteiger partial charge >= 0.3 is 6.09 Å². The Morgan fingerprint density at radius 2 is 1.96 bits per heavy atom. The zero-order valence-electron chi connectivity index (χ0n) is 15.5. The molecular weight excluding hydrogens is 377 g/mol. The lowest BCUT2D eigenvalue weighted by Crippen LogP contribution is -2.54. The number of halogens is 2. The summed E-state index contributed by atoms with van der Waals surface area (Å²) < 4.78 is 5.48. The summed E-state index contributed by atoms with van der Waals surface area (Å²) in [4.78, 5) is 27.5. The minimum Gasteiger partial charge on any atom is -0.444 e. The van der Waals surface area contributed by atoms with Gasteiger partial charge in [0, 0.05) is 12.0 Å². The molecule has 1 unspecified atom stereocenters. The number of β-amino-alcohol motifs (C(OH)–C–C–N with tert-alkyl or cyclic N) is 1. The number of ether oxygens (including phenoxy) is 1. The fourth-order valence-electron chi connectivity index (χ4n) is 3.40. The van der Waals surface area contributed by atoms with Crippen molar-refractivity contribution in [1.82, 2.24) is 4.90 Å². The van der Waals surface area contributed by atoms with Crippen molar-refractivity contribution >= 4 is 35.1 Å². The van der Waals surface area contributed by atoms with E-state index in [-0.39, 0.29) is 23.8 Å². The Hall–Kier alpha value is -1.30. The predicted octanol–water partition coefficient (Wildman–Crippen LogP) is 4.72. The minimum absolute atomic E-state index is 0.0575. The molecule has 5 nitrogen and oxygen atoms in total. The molecule has 1 aromatic carbocycles. The number of hydrogen-bond donors (Lipinski definition) is 1. The Balaban J connectivity index is 2.45. The maximum absolute atomic E-state index is 13.4. The van der Waals surface area contributed by atoms with Gasteiger partial charge in [-0.2, -0.15) is 0 Å². The second-order valence-corrected chi connectivity index (χ2v) is 8.50. The number of hydrogen-bond acceptors (Lipinski definition) is 4. The molecule has 0 spiro atoms. The lowest BCUT2D eigenvalue weighted by atomic mass is 9.82. The molecule has 1 aromatic rings. The normalized spacial score (nSPS) is 23.2. The SMILES string of the molecule is CCC[C@]1(C(=O)c2ccc(Cl)c(Cl)c2)CC(O)CN1C(=O)OC(C)(C)C. The average molecular weight is 402 g/mol. The maximum atomic E-state index is 13.4. The summed E-state index contributed by atoms with van der Waals surface area (Å²) in [5, 5.41) is 10.9. The number of ketones is 1. The van der Waals surface area contributed by atoms with Gasteiger partial charge in [-0.1, -0.05) is 36.5 Å². The molecule has 0 aromatic heterocycles. The van der Waals surface area contributed by atoms with Crippen molar-refractivity contribution in [3.63, 3.8) is 0 Å². The highest BCUT2D eigenvalue weighted by molar-refractivity contribution is 6.42. The molecule has 1 fully saturated rings. The van der Waals surface area contributed by atoms with E-state index in [9.17, 15) is 14.7 Å². The molecule has 0 radical (unpaired) electrons. The zero-order valence-corrected chi connectivity index (χ0v) is 17.0. The van der Waals surface area contributed by atoms with E-state index in [4.69, 9.17) is 27.9 Å². The van der Waals surface area contributed by atoms with Crippen LogP contribution < -0.4 is 0 Å². The fraction of sp³-hybridized carbons (Fsp3) is 0.579. The number of Topliss-reactive ketones (excluding diaryl/α,β-unsaturated/α-hetero) is 1. The van der Waals surface area contributed by atoms with Crippen LogP contribution in [0.3, 0.4) is 0 Å². The van der Waals surface area contributed by atoms with E-state index in [0.717, 1.165) is 0 Å². The molecule has 1 aliphatic rings. The monoisotopic (exact) mass is 401 g/mol. The van der Waals surface area contributed by atoms with E-state index in [2.05, 4.69) is 0 Å². The first kappa shape index (κ1) is 21.0. The maximum Gasteiger partial charge on any atom is 0.411 e. The summed E-state index contributed by atoms with van der Waals surface area (Å²) in [7, 11) is 0. The quantitative estimate of drug-likeness (QED) is 0.741. The first-order chi connectivity index (χ1) is 12.0. The van der Waals surface area contributed by atoms with E-state index in [1.807, 2.05) is 6.92 Å². The van der Waals surface area contributed by atoms with Gasteiger partial charge in [-0.25, -0.2) is 4.79 Å². The first-order valence-electron chi connectivity index (χ1n) is 8.68. The molecule has 1 N–H and O–H groups in total. The van der Waals surface area contributed by atoms with Crippen molar-refractivity contribution in [1.29, 1.82) is 0 Å². The van der Waals surface area contributed by atoms with Gasteiger partial charge in [-0.3, -0.25) is 9.69 Å². The van der Waals surface area contributed by atoms with E-state index < -0.39 is 23.3 Å². The van der Waals surface area contributed by atoms with E-state index in [0.29, 0.717) is 23.4 Å². The molecule has 1 aliphatic heterocycles. The second-order valence-electron chi connectivity index (χ2n) is 7.69. The van der Waals surface area contributed by atoms with Gasteiger partial charge in [0.1, 0.15) is 11.1 Å². The molecule has 144 valence electrons. The van der Waals surface area contributed by atoms with Gasteiger partial charge in [-0.15, -0.1) is 0 Å². The topological polar surface area (TPSA) is 66.8 Å². The standard InChI is InChI=1S/C19H25Cl2NO4/c1-5-8-19(16(24)12-6-7-14(20)15(21)9-12)10-13(23)11-22(19)17(25)26-18(2,3)4/h6-7,9,13,23H,5,8,10-11H2,1-4H3/t13?,19-/m1/s1. The number of nitrogens with zero attached hydrogens (tertiary/aromatic N) is 1. The molecule has 7 heteroatoms. The highest BCUT2D eigenvalue weighted by Crippen LogP contribution is 2.39. The number of likely N-dealkylation sites (tertiary alicyclic amines) is 1. The third kappa shape index (κ3) is 4.33. The van der Waals surface area contributed by atoms with E-state index >= 15 is 0 Å². The third-order valence-corrected chi connectivity index (χ3v) is 5.10. The molecular formula is C19H25Cl2NO4. The summed E-state index contributed by atoms with van der Waals surface area (Å²) in [6, 6.07) is 4.65. The molecule has 0 saturated carbocycles. The summed E-state index contributed by atoms with van der Waals surface area (Å²) in [6.07, 6.45) is -0.141. The molecule has 26 heavy (non-hydrogen) atoms. The van der Waals surface area contributed by atoms with Gasteiger partial charge in [-0.05, 0) is 45.4 Å². The van der Waals surface area contributed by atoms with Crippen LogP contribution in [0.15, 0.2) is 18.2 Å². The minimum atomic E-state index is -1.16. The van der Waals surface area contributed by atoms with Gasteiger partial charge in [0.15, 0.2) is 5.78 Å². The number of benzene rings is 1. The van der Waals surface area contributed by atoms with E-state index in [1.54, 1.807) is 32.9 Å². The summed E-state index contributed by atoms with van der Waals surface area (Å²) in [5.74, 6) is -0.264. The lowest BCUT2D eigenvalue weighted by molar-refractivity contribution is 0.00670. The fourth-order valence-corrected chi connectivity index (χ4v) is 3.70. The Morgan fingerprint density at radius 3 is 2.50 bits per heavy atom. The number of aliphatic hydroxyl groups is 1. The summed E-state index contributed by atoms with van der Waals surface area (Å²) >= 11 is 12.0. The van der Waals surface area contributed by atoms with Crippen LogP contribution in [0.5, 0.6) is 0 Å². The molecule has 2 atom stereocenters. The highest BCUT2D eigenvalue weighted by atomic mass is 35.5. The largest absolute Gasteiger partial charge is 0.444 e. The summed E-state index contributed by atoms with van der Waals surface area (Å²) in [5.41, 5.74) is -1.50. The van der Waals surface area contributed by atoms with Crippen molar-refractivity contribution in [2.45, 2.75) is 64.2 Å². The van der Waals surface area contributed by atoms with Crippen molar-refractivity contribution in [3.8, 4) is 0 Å². The molecule has 0 bridgehead atoms. The molecule has 0 aliphatic carbocycles. The van der Waals surface area contributed by atoms with Gasteiger partial charge < -0.3 is 9.84 Å². The van der Waals surface area contributed by atoms with Crippen molar-refractivity contribution < 1.29 is 19.4 Å². The Bertz CT molecular complexity index is 701. The van der Waals surface area contributed by atoms with Crippen LogP contribution in [0.2, 0.25) is 10.0 Å². The van der Waals surface area contributed by atoms with Gasteiger partial charge in [0.05, 0.1) is 22.7 Å². The Kier molecular flexibility index (Phi) is 6.26.